The minimum Gasteiger partial charge on any atom is -0.378 e. The number of carbonyl (C=O) groups is 1. The Bertz CT molecular complexity index is 514. The summed E-state index contributed by atoms with van der Waals surface area (Å²) in [7, 11) is 0. The Hall–Kier alpha value is -1.59. The van der Waals surface area contributed by atoms with Crippen molar-refractivity contribution in [3.05, 3.63) is 29.8 Å². The molecule has 3 rings (SSSR count). The monoisotopic (exact) mass is 303 g/mol. The van der Waals surface area contributed by atoms with Crippen LogP contribution in [-0.4, -0.2) is 50.8 Å². The molecule has 2 unspecified atom stereocenters. The average Bonchev–Trinajstić information content (AvgIpc) is 2.84. The standard InChI is InChI=1S/C17H25N3O2/c1-13-10-14-4-2-3-5-16(14)20(13)8-6-19-17(21)11-15-12-22-9-7-18-15/h2-5,13,15,18H,6-12H2,1H3,(H,19,21). The molecule has 0 aromatic heterocycles. The summed E-state index contributed by atoms with van der Waals surface area (Å²) in [5, 5.41) is 6.34. The van der Waals surface area contributed by atoms with Gasteiger partial charge in [-0.3, -0.25) is 4.79 Å². The van der Waals surface area contributed by atoms with E-state index in [2.05, 4.69) is 46.7 Å². The highest BCUT2D eigenvalue weighted by molar-refractivity contribution is 5.76. The maximum atomic E-state index is 12.0. The van der Waals surface area contributed by atoms with E-state index in [1.54, 1.807) is 0 Å². The predicted molar refractivity (Wildman–Crippen MR) is 87.2 cm³/mol. The second kappa shape index (κ2) is 7.11. The number of ether oxygens (including phenoxy) is 1. The first-order valence-electron chi connectivity index (χ1n) is 8.16. The number of morpholine rings is 1. The van der Waals surface area contributed by atoms with Crippen LogP contribution in [0.4, 0.5) is 5.69 Å². The van der Waals surface area contributed by atoms with Crippen molar-refractivity contribution < 1.29 is 9.53 Å². The van der Waals surface area contributed by atoms with Crippen LogP contribution in [0.3, 0.4) is 0 Å². The van der Waals surface area contributed by atoms with Crippen LogP contribution in [0.1, 0.15) is 18.9 Å². The van der Waals surface area contributed by atoms with Crippen LogP contribution in [0, 0.1) is 0 Å². The van der Waals surface area contributed by atoms with Crippen molar-refractivity contribution in [3.63, 3.8) is 0 Å². The van der Waals surface area contributed by atoms with Crippen molar-refractivity contribution in [2.75, 3.05) is 37.7 Å². The van der Waals surface area contributed by atoms with Gasteiger partial charge in [0.25, 0.3) is 0 Å². The molecular formula is C17H25N3O2. The third-order valence-corrected chi connectivity index (χ3v) is 4.45. The molecule has 0 spiro atoms. The molecule has 1 fully saturated rings. The van der Waals surface area contributed by atoms with Gasteiger partial charge in [0.15, 0.2) is 0 Å². The molecule has 2 N–H and O–H groups in total. The Labute approximate surface area is 132 Å². The fraction of sp³-hybridized carbons (Fsp3) is 0.588. The highest BCUT2D eigenvalue weighted by Crippen LogP contribution is 2.31. The van der Waals surface area contributed by atoms with E-state index in [4.69, 9.17) is 4.74 Å². The Morgan fingerprint density at radius 3 is 3.14 bits per heavy atom. The zero-order chi connectivity index (χ0) is 15.4. The Morgan fingerprint density at radius 1 is 1.45 bits per heavy atom. The quantitative estimate of drug-likeness (QED) is 0.850. The van der Waals surface area contributed by atoms with Crippen LogP contribution in [0.2, 0.25) is 0 Å². The van der Waals surface area contributed by atoms with Crippen LogP contribution < -0.4 is 15.5 Å². The number of nitrogens with zero attached hydrogens (tertiary/aromatic N) is 1. The van der Waals surface area contributed by atoms with Gasteiger partial charge in [0, 0.05) is 43.8 Å². The molecule has 5 nitrogen and oxygen atoms in total. The van der Waals surface area contributed by atoms with Gasteiger partial charge >= 0.3 is 0 Å². The van der Waals surface area contributed by atoms with Gasteiger partial charge in [-0.2, -0.15) is 0 Å². The highest BCUT2D eigenvalue weighted by atomic mass is 16.5. The molecule has 0 aliphatic carbocycles. The Morgan fingerprint density at radius 2 is 2.32 bits per heavy atom. The molecule has 0 radical (unpaired) electrons. The highest BCUT2D eigenvalue weighted by Gasteiger charge is 2.25. The summed E-state index contributed by atoms with van der Waals surface area (Å²) in [6, 6.07) is 9.19. The van der Waals surface area contributed by atoms with Gasteiger partial charge in [0.2, 0.25) is 5.91 Å². The maximum Gasteiger partial charge on any atom is 0.221 e. The third kappa shape index (κ3) is 3.59. The topological polar surface area (TPSA) is 53.6 Å². The van der Waals surface area contributed by atoms with Crippen molar-refractivity contribution in [2.45, 2.75) is 31.8 Å². The summed E-state index contributed by atoms with van der Waals surface area (Å²) in [4.78, 5) is 14.4. The lowest BCUT2D eigenvalue weighted by Crippen LogP contribution is -2.45. The molecule has 1 amide bonds. The number of nitrogens with one attached hydrogen (secondary N) is 2. The number of benzene rings is 1. The first kappa shape index (κ1) is 15.3. The Kier molecular flexibility index (Phi) is 4.95. The molecule has 120 valence electrons. The average molecular weight is 303 g/mol. The minimum atomic E-state index is 0.100. The molecule has 1 aromatic rings. The van der Waals surface area contributed by atoms with Gasteiger partial charge in [-0.15, -0.1) is 0 Å². The van der Waals surface area contributed by atoms with Gasteiger partial charge < -0.3 is 20.3 Å². The lowest BCUT2D eigenvalue weighted by molar-refractivity contribution is -0.122. The molecule has 1 aromatic carbocycles. The van der Waals surface area contributed by atoms with Crippen molar-refractivity contribution >= 4 is 11.6 Å². The first-order chi connectivity index (χ1) is 10.7. The van der Waals surface area contributed by atoms with E-state index in [9.17, 15) is 4.79 Å². The van der Waals surface area contributed by atoms with Gasteiger partial charge in [-0.1, -0.05) is 18.2 Å². The molecule has 22 heavy (non-hydrogen) atoms. The second-order valence-corrected chi connectivity index (χ2v) is 6.16. The molecule has 2 aliphatic rings. The summed E-state index contributed by atoms with van der Waals surface area (Å²) in [6.45, 7) is 5.99. The normalized spacial score (nSPS) is 24.1. The van der Waals surface area contributed by atoms with E-state index in [-0.39, 0.29) is 11.9 Å². The maximum absolute atomic E-state index is 12.0. The summed E-state index contributed by atoms with van der Waals surface area (Å²) in [5.74, 6) is 0.100. The van der Waals surface area contributed by atoms with Gasteiger partial charge in [-0.25, -0.2) is 0 Å². The fourth-order valence-electron chi connectivity index (χ4n) is 3.33. The molecule has 2 atom stereocenters. The lowest BCUT2D eigenvalue weighted by atomic mass is 10.1. The van der Waals surface area contributed by atoms with Crippen molar-refractivity contribution in [2.24, 2.45) is 0 Å². The summed E-state index contributed by atoms with van der Waals surface area (Å²) in [5.41, 5.74) is 2.72. The van der Waals surface area contributed by atoms with E-state index in [0.29, 0.717) is 25.6 Å². The third-order valence-electron chi connectivity index (χ3n) is 4.45. The van der Waals surface area contributed by atoms with Crippen LogP contribution in [0.5, 0.6) is 0 Å². The number of hydrogen-bond donors (Lipinski definition) is 2. The zero-order valence-corrected chi connectivity index (χ0v) is 13.2. The summed E-state index contributed by atoms with van der Waals surface area (Å²) < 4.78 is 5.37. The minimum absolute atomic E-state index is 0.100. The van der Waals surface area contributed by atoms with Crippen LogP contribution >= 0.6 is 0 Å². The number of fused-ring (bicyclic) bond motifs is 1. The smallest absolute Gasteiger partial charge is 0.221 e. The summed E-state index contributed by atoms with van der Waals surface area (Å²) >= 11 is 0. The molecule has 2 heterocycles. The van der Waals surface area contributed by atoms with Gasteiger partial charge in [0.05, 0.1) is 13.2 Å². The van der Waals surface area contributed by atoms with Crippen molar-refractivity contribution in [3.8, 4) is 0 Å². The van der Waals surface area contributed by atoms with E-state index in [1.165, 1.54) is 11.3 Å². The Balaban J connectivity index is 1.44. The number of rotatable bonds is 5. The van der Waals surface area contributed by atoms with Crippen molar-refractivity contribution in [1.29, 1.82) is 0 Å². The van der Waals surface area contributed by atoms with E-state index < -0.39 is 0 Å². The molecule has 1 saturated heterocycles. The lowest BCUT2D eigenvalue weighted by Gasteiger charge is -2.26. The molecule has 5 heteroatoms. The SMILES string of the molecule is CC1Cc2ccccc2N1CCNC(=O)CC1COCCN1. The van der Waals surface area contributed by atoms with E-state index in [0.717, 1.165) is 26.1 Å². The molecule has 2 aliphatic heterocycles. The van der Waals surface area contributed by atoms with Gasteiger partial charge in [0.1, 0.15) is 0 Å². The number of amides is 1. The van der Waals surface area contributed by atoms with Crippen LogP contribution in [0.25, 0.3) is 0 Å². The molecule has 0 saturated carbocycles. The number of hydrogen-bond acceptors (Lipinski definition) is 4. The second-order valence-electron chi connectivity index (χ2n) is 6.16. The van der Waals surface area contributed by atoms with Crippen LogP contribution in [-0.2, 0) is 16.0 Å². The number of carbonyl (C=O) groups excluding carboxylic acids is 1. The van der Waals surface area contributed by atoms with E-state index in [1.807, 2.05) is 0 Å². The van der Waals surface area contributed by atoms with Crippen LogP contribution in [0.15, 0.2) is 24.3 Å². The molecule has 0 bridgehead atoms. The summed E-state index contributed by atoms with van der Waals surface area (Å²) in [6.07, 6.45) is 1.58. The molecular weight excluding hydrogens is 278 g/mol. The number of anilines is 1. The fourth-order valence-corrected chi connectivity index (χ4v) is 3.33. The first-order valence-corrected chi connectivity index (χ1v) is 8.16. The van der Waals surface area contributed by atoms with Gasteiger partial charge in [-0.05, 0) is 25.0 Å². The predicted octanol–water partition coefficient (Wildman–Crippen LogP) is 0.932. The number of para-hydroxylation sites is 1. The largest absolute Gasteiger partial charge is 0.378 e. The van der Waals surface area contributed by atoms with Crippen molar-refractivity contribution in [1.82, 2.24) is 10.6 Å². The van der Waals surface area contributed by atoms with E-state index >= 15 is 0 Å². The zero-order valence-electron chi connectivity index (χ0n) is 13.2.